The Bertz CT molecular complexity index is 382. The summed E-state index contributed by atoms with van der Waals surface area (Å²) in [5, 5.41) is 4.36. The van der Waals surface area contributed by atoms with Crippen molar-refractivity contribution in [2.75, 3.05) is 11.9 Å². The average molecular weight is 236 g/mol. The molecular weight excluding hydrogens is 218 g/mol. The molecule has 1 unspecified atom stereocenters. The fraction of sp³-hybridized carbons (Fsp3) is 0.571. The third kappa shape index (κ3) is 1.82. The van der Waals surface area contributed by atoms with Crippen molar-refractivity contribution >= 4 is 17.3 Å². The van der Waals surface area contributed by atoms with E-state index in [1.807, 2.05) is 6.07 Å². The Labute approximate surface area is 102 Å². The van der Waals surface area contributed by atoms with Gasteiger partial charge in [0.25, 0.3) is 0 Å². The maximum atomic E-state index is 6.12. The maximum Gasteiger partial charge on any atom is 0.0410 e. The lowest BCUT2D eigenvalue weighted by Gasteiger charge is -2.31. The quantitative estimate of drug-likeness (QED) is 0.760. The Kier molecular flexibility index (Phi) is 2.81. The van der Waals surface area contributed by atoms with Crippen LogP contribution in [0.1, 0.15) is 43.6 Å². The van der Waals surface area contributed by atoms with E-state index in [0.717, 1.165) is 23.4 Å². The van der Waals surface area contributed by atoms with Gasteiger partial charge in [0.2, 0.25) is 0 Å². The summed E-state index contributed by atoms with van der Waals surface area (Å²) in [7, 11) is 0. The fourth-order valence-electron chi connectivity index (χ4n) is 3.37. The van der Waals surface area contributed by atoms with Crippen LogP contribution >= 0.6 is 11.6 Å². The predicted molar refractivity (Wildman–Crippen MR) is 69.3 cm³/mol. The first-order valence-electron chi connectivity index (χ1n) is 6.38. The van der Waals surface area contributed by atoms with Crippen LogP contribution in [0.4, 0.5) is 5.69 Å². The van der Waals surface area contributed by atoms with Gasteiger partial charge in [-0.05, 0) is 54.9 Å². The van der Waals surface area contributed by atoms with Gasteiger partial charge < -0.3 is 5.32 Å². The smallest absolute Gasteiger partial charge is 0.0410 e. The Hall–Kier alpha value is -0.690. The average Bonchev–Trinajstić information content (AvgIpc) is 2.81. The third-order valence-corrected chi connectivity index (χ3v) is 4.39. The van der Waals surface area contributed by atoms with Crippen LogP contribution in [0, 0.1) is 5.92 Å². The van der Waals surface area contributed by atoms with Crippen LogP contribution in [-0.4, -0.2) is 6.54 Å². The van der Waals surface area contributed by atoms with Crippen molar-refractivity contribution in [2.24, 2.45) is 5.92 Å². The van der Waals surface area contributed by atoms with E-state index in [0.29, 0.717) is 0 Å². The van der Waals surface area contributed by atoms with Crippen LogP contribution in [0.3, 0.4) is 0 Å². The summed E-state index contributed by atoms with van der Waals surface area (Å²) in [6, 6.07) is 6.30. The highest BCUT2D eigenvalue weighted by Crippen LogP contribution is 2.44. The molecular formula is C14H18ClN. The number of hydrogen-bond donors (Lipinski definition) is 1. The highest BCUT2D eigenvalue weighted by molar-refractivity contribution is 6.30. The molecule has 1 aliphatic carbocycles. The minimum Gasteiger partial charge on any atom is -0.385 e. The molecule has 86 valence electrons. The molecule has 1 N–H and O–H groups in total. The molecule has 1 fully saturated rings. The van der Waals surface area contributed by atoms with Gasteiger partial charge >= 0.3 is 0 Å². The van der Waals surface area contributed by atoms with E-state index in [-0.39, 0.29) is 0 Å². The van der Waals surface area contributed by atoms with Crippen LogP contribution < -0.4 is 5.32 Å². The number of halogens is 1. The fourth-order valence-corrected chi connectivity index (χ4v) is 3.55. The number of rotatable bonds is 1. The summed E-state index contributed by atoms with van der Waals surface area (Å²) >= 11 is 6.12. The zero-order valence-corrected chi connectivity index (χ0v) is 10.3. The van der Waals surface area contributed by atoms with Crippen molar-refractivity contribution in [1.82, 2.24) is 0 Å². The SMILES string of the molecule is Clc1ccc2c(c1)C(C1CCCC1)CCN2. The Morgan fingerprint density at radius 1 is 1.12 bits per heavy atom. The van der Waals surface area contributed by atoms with Gasteiger partial charge in [-0.2, -0.15) is 0 Å². The maximum absolute atomic E-state index is 6.12. The Balaban J connectivity index is 1.94. The summed E-state index contributed by atoms with van der Waals surface area (Å²) in [6.07, 6.45) is 6.94. The van der Waals surface area contributed by atoms with Gasteiger partial charge in [-0.3, -0.25) is 0 Å². The van der Waals surface area contributed by atoms with E-state index in [9.17, 15) is 0 Å². The largest absolute Gasteiger partial charge is 0.385 e. The first kappa shape index (κ1) is 10.5. The van der Waals surface area contributed by atoms with E-state index in [2.05, 4.69) is 17.4 Å². The van der Waals surface area contributed by atoms with Crippen molar-refractivity contribution in [2.45, 2.75) is 38.0 Å². The van der Waals surface area contributed by atoms with Gasteiger partial charge in [0.1, 0.15) is 0 Å². The van der Waals surface area contributed by atoms with E-state index in [1.54, 1.807) is 0 Å². The lowest BCUT2D eigenvalue weighted by molar-refractivity contribution is 0.413. The first-order chi connectivity index (χ1) is 7.84. The van der Waals surface area contributed by atoms with Gasteiger partial charge in [0.15, 0.2) is 0 Å². The van der Waals surface area contributed by atoms with E-state index < -0.39 is 0 Å². The van der Waals surface area contributed by atoms with Gasteiger partial charge in [-0.15, -0.1) is 0 Å². The van der Waals surface area contributed by atoms with Crippen molar-refractivity contribution in [1.29, 1.82) is 0 Å². The Morgan fingerprint density at radius 3 is 2.75 bits per heavy atom. The van der Waals surface area contributed by atoms with Crippen molar-refractivity contribution < 1.29 is 0 Å². The van der Waals surface area contributed by atoms with Gasteiger partial charge in [-0.25, -0.2) is 0 Å². The number of benzene rings is 1. The molecule has 2 aliphatic rings. The first-order valence-corrected chi connectivity index (χ1v) is 6.76. The van der Waals surface area contributed by atoms with E-state index in [4.69, 9.17) is 11.6 Å². The normalized spacial score (nSPS) is 25.2. The zero-order chi connectivity index (χ0) is 11.0. The van der Waals surface area contributed by atoms with Crippen molar-refractivity contribution in [3.63, 3.8) is 0 Å². The molecule has 1 atom stereocenters. The van der Waals surface area contributed by atoms with E-state index in [1.165, 1.54) is 43.4 Å². The third-order valence-electron chi connectivity index (χ3n) is 4.15. The highest BCUT2D eigenvalue weighted by atomic mass is 35.5. The summed E-state index contributed by atoms with van der Waals surface area (Å²) in [4.78, 5) is 0. The molecule has 0 radical (unpaired) electrons. The van der Waals surface area contributed by atoms with Gasteiger partial charge in [0, 0.05) is 17.3 Å². The standard InChI is InChI=1S/C14H18ClN/c15-11-5-6-14-13(9-11)12(7-8-16-14)10-3-1-2-4-10/h5-6,9-10,12,16H,1-4,7-8H2. The number of fused-ring (bicyclic) bond motifs is 1. The summed E-state index contributed by atoms with van der Waals surface area (Å²) in [5.41, 5.74) is 2.78. The molecule has 0 amide bonds. The minimum atomic E-state index is 0.748. The molecule has 1 aromatic carbocycles. The monoisotopic (exact) mass is 235 g/mol. The van der Waals surface area contributed by atoms with Gasteiger partial charge in [-0.1, -0.05) is 24.4 Å². The van der Waals surface area contributed by atoms with Crippen LogP contribution in [0.2, 0.25) is 5.02 Å². The topological polar surface area (TPSA) is 12.0 Å². The molecule has 1 saturated carbocycles. The summed E-state index contributed by atoms with van der Waals surface area (Å²) in [6.45, 7) is 1.12. The molecule has 0 bridgehead atoms. The van der Waals surface area contributed by atoms with Crippen molar-refractivity contribution in [3.05, 3.63) is 28.8 Å². The number of anilines is 1. The molecule has 16 heavy (non-hydrogen) atoms. The molecule has 0 spiro atoms. The second-order valence-electron chi connectivity index (χ2n) is 5.10. The second kappa shape index (κ2) is 4.29. The van der Waals surface area contributed by atoms with Crippen LogP contribution in [0.5, 0.6) is 0 Å². The number of nitrogens with one attached hydrogen (secondary N) is 1. The van der Waals surface area contributed by atoms with Crippen LogP contribution in [-0.2, 0) is 0 Å². The molecule has 0 saturated heterocycles. The van der Waals surface area contributed by atoms with Crippen LogP contribution in [0.15, 0.2) is 18.2 Å². The van der Waals surface area contributed by atoms with Gasteiger partial charge in [0.05, 0.1) is 0 Å². The summed E-state index contributed by atoms with van der Waals surface area (Å²) < 4.78 is 0. The van der Waals surface area contributed by atoms with Crippen molar-refractivity contribution in [3.8, 4) is 0 Å². The molecule has 1 nitrogen and oxygen atoms in total. The zero-order valence-electron chi connectivity index (χ0n) is 9.51. The molecule has 0 aromatic heterocycles. The Morgan fingerprint density at radius 2 is 1.94 bits per heavy atom. The lowest BCUT2D eigenvalue weighted by atomic mass is 9.80. The highest BCUT2D eigenvalue weighted by Gasteiger charge is 2.29. The molecule has 2 heteroatoms. The predicted octanol–water partition coefficient (Wildman–Crippen LogP) is 4.43. The lowest BCUT2D eigenvalue weighted by Crippen LogP contribution is -2.21. The minimum absolute atomic E-state index is 0.748. The van der Waals surface area contributed by atoms with Crippen LogP contribution in [0.25, 0.3) is 0 Å². The molecule has 1 aromatic rings. The molecule has 1 aliphatic heterocycles. The van der Waals surface area contributed by atoms with E-state index >= 15 is 0 Å². The number of hydrogen-bond acceptors (Lipinski definition) is 1. The second-order valence-corrected chi connectivity index (χ2v) is 5.53. The molecule has 3 rings (SSSR count). The molecule has 1 heterocycles. The summed E-state index contributed by atoms with van der Waals surface area (Å²) in [5.74, 6) is 1.65.